The van der Waals surface area contributed by atoms with Crippen LogP contribution in [0.25, 0.3) is 0 Å². The van der Waals surface area contributed by atoms with Crippen LogP contribution in [-0.2, 0) is 9.59 Å². The topological polar surface area (TPSA) is 101 Å². The lowest BCUT2D eigenvalue weighted by molar-refractivity contribution is -0.140. The number of ketones is 1. The first-order valence-electron chi connectivity index (χ1n) is 3.98. The van der Waals surface area contributed by atoms with Crippen molar-refractivity contribution in [3.8, 4) is 0 Å². The van der Waals surface area contributed by atoms with Crippen molar-refractivity contribution in [2.75, 3.05) is 0 Å². The number of hydrogen-bond acceptors (Lipinski definition) is 4. The van der Waals surface area contributed by atoms with Crippen molar-refractivity contribution >= 4 is 11.8 Å². The zero-order chi connectivity index (χ0) is 11.0. The molecule has 0 aliphatic carbocycles. The molecule has 0 aromatic heterocycles. The highest BCUT2D eigenvalue weighted by Crippen LogP contribution is 1.85. The molecule has 0 radical (unpaired) electrons. The van der Waals surface area contributed by atoms with Crippen LogP contribution < -0.4 is 5.73 Å². The van der Waals surface area contributed by atoms with Gasteiger partial charge in [-0.05, 0) is 13.8 Å². The molecule has 4 N–H and O–H groups in total. The van der Waals surface area contributed by atoms with Gasteiger partial charge >= 0.3 is 5.97 Å². The van der Waals surface area contributed by atoms with Gasteiger partial charge in [0.2, 0.25) is 0 Å². The van der Waals surface area contributed by atoms with E-state index >= 15 is 0 Å². The molecule has 0 saturated heterocycles. The lowest BCUT2D eigenvalue weighted by atomic mass is 10.2. The first kappa shape index (κ1) is 14.6. The second-order valence-corrected chi connectivity index (χ2v) is 2.66. The van der Waals surface area contributed by atoms with Gasteiger partial charge in [-0.25, -0.2) is 0 Å². The van der Waals surface area contributed by atoms with Crippen LogP contribution in [0.1, 0.15) is 27.2 Å². The molecule has 78 valence electrons. The molecule has 0 bridgehead atoms. The second-order valence-electron chi connectivity index (χ2n) is 2.66. The van der Waals surface area contributed by atoms with Crippen LogP contribution in [0.4, 0.5) is 0 Å². The molecule has 0 aliphatic heterocycles. The second kappa shape index (κ2) is 7.70. The van der Waals surface area contributed by atoms with Crippen molar-refractivity contribution in [3.63, 3.8) is 0 Å². The number of carbonyl (C=O) groups is 2. The number of nitrogens with two attached hydrogens (primary N) is 1. The van der Waals surface area contributed by atoms with Crippen LogP contribution in [-0.4, -0.2) is 34.1 Å². The van der Waals surface area contributed by atoms with Crippen LogP contribution in [0.2, 0.25) is 0 Å². The molecule has 0 rings (SSSR count). The molecular weight excluding hydrogens is 174 g/mol. The van der Waals surface area contributed by atoms with E-state index in [1.165, 1.54) is 6.92 Å². The summed E-state index contributed by atoms with van der Waals surface area (Å²) in [6.07, 6.45) is -0.313. The third-order valence-corrected chi connectivity index (χ3v) is 1.30. The van der Waals surface area contributed by atoms with E-state index in [2.05, 4.69) is 0 Å². The van der Waals surface area contributed by atoms with E-state index in [-0.39, 0.29) is 5.78 Å². The fourth-order valence-electron chi connectivity index (χ4n) is 0.206. The molecule has 2 unspecified atom stereocenters. The molecule has 0 aromatic rings. The normalized spacial score (nSPS) is 13.6. The van der Waals surface area contributed by atoms with E-state index in [9.17, 15) is 9.59 Å². The van der Waals surface area contributed by atoms with Gasteiger partial charge in [0, 0.05) is 6.42 Å². The van der Waals surface area contributed by atoms with E-state index in [0.29, 0.717) is 6.42 Å². The molecule has 13 heavy (non-hydrogen) atoms. The fraction of sp³-hybridized carbons (Fsp3) is 0.750. The first-order chi connectivity index (χ1) is 5.82. The Balaban J connectivity index is 0. The summed E-state index contributed by atoms with van der Waals surface area (Å²) in [4.78, 5) is 19.7. The zero-order valence-electron chi connectivity index (χ0n) is 8.15. The third-order valence-electron chi connectivity index (χ3n) is 1.30. The molecule has 5 nitrogen and oxygen atoms in total. The molecule has 0 aromatic carbocycles. The quantitative estimate of drug-likeness (QED) is 0.571. The largest absolute Gasteiger partial charge is 0.480 e. The van der Waals surface area contributed by atoms with Crippen molar-refractivity contribution in [2.45, 2.75) is 39.3 Å². The summed E-state index contributed by atoms with van der Waals surface area (Å²) >= 11 is 0. The smallest absolute Gasteiger partial charge is 0.323 e. The highest BCUT2D eigenvalue weighted by Gasteiger charge is 2.16. The van der Waals surface area contributed by atoms with E-state index in [1.807, 2.05) is 6.92 Å². The van der Waals surface area contributed by atoms with Crippen LogP contribution in [0.3, 0.4) is 0 Å². The summed E-state index contributed by atoms with van der Waals surface area (Å²) in [6, 6.07) is -1.16. The summed E-state index contributed by atoms with van der Waals surface area (Å²) < 4.78 is 0. The summed E-state index contributed by atoms with van der Waals surface area (Å²) in [5, 5.41) is 16.6. The van der Waals surface area contributed by atoms with E-state index in [4.69, 9.17) is 15.9 Å². The number of aliphatic carboxylic acids is 1. The van der Waals surface area contributed by atoms with Crippen LogP contribution >= 0.6 is 0 Å². The Bertz CT molecular complexity index is 168. The molecule has 0 saturated carbocycles. The standard InChI is InChI=1S/C4H9NO3.C4H8O/c1-2(6)3(5)4(7)8;1-3-4(2)5/h2-3,6H,5H2,1H3,(H,7,8);3H2,1-2H3. The molecule has 5 heteroatoms. The van der Waals surface area contributed by atoms with Gasteiger partial charge < -0.3 is 20.7 Å². The summed E-state index contributed by atoms with van der Waals surface area (Å²) in [7, 11) is 0. The van der Waals surface area contributed by atoms with E-state index < -0.39 is 18.1 Å². The SMILES string of the molecule is CC(O)C(N)C(=O)O.CCC(C)=O. The van der Waals surface area contributed by atoms with Gasteiger partial charge in [-0.15, -0.1) is 0 Å². The minimum atomic E-state index is -1.18. The first-order valence-corrected chi connectivity index (χ1v) is 3.98. The monoisotopic (exact) mass is 191 g/mol. The zero-order valence-corrected chi connectivity index (χ0v) is 8.15. The maximum Gasteiger partial charge on any atom is 0.323 e. The molecule has 0 heterocycles. The Morgan fingerprint density at radius 1 is 1.46 bits per heavy atom. The molecule has 0 spiro atoms. The summed E-state index contributed by atoms with van der Waals surface area (Å²) in [6.45, 7) is 4.76. The van der Waals surface area contributed by atoms with Gasteiger partial charge in [0.25, 0.3) is 0 Å². The van der Waals surface area contributed by atoms with Crippen molar-refractivity contribution in [1.29, 1.82) is 0 Å². The predicted molar refractivity (Wildman–Crippen MR) is 48.3 cm³/mol. The maximum absolute atomic E-state index is 9.86. The Morgan fingerprint density at radius 2 is 1.77 bits per heavy atom. The number of aliphatic hydroxyl groups is 1. The number of carboxylic acids is 1. The molecule has 0 amide bonds. The number of carbonyl (C=O) groups excluding carboxylic acids is 1. The third kappa shape index (κ3) is 11.1. The van der Waals surface area contributed by atoms with E-state index in [1.54, 1.807) is 6.92 Å². The van der Waals surface area contributed by atoms with E-state index in [0.717, 1.165) is 0 Å². The van der Waals surface area contributed by atoms with Crippen molar-refractivity contribution in [2.24, 2.45) is 5.73 Å². The predicted octanol–water partition coefficient (Wildman–Crippen LogP) is -0.236. The molecule has 0 fully saturated rings. The van der Waals surface area contributed by atoms with Crippen molar-refractivity contribution in [1.82, 2.24) is 0 Å². The highest BCUT2D eigenvalue weighted by atomic mass is 16.4. The number of Topliss-reactive ketones (excluding diaryl/α,β-unsaturated/α-hetero) is 1. The van der Waals surface area contributed by atoms with Gasteiger partial charge in [0.15, 0.2) is 0 Å². The van der Waals surface area contributed by atoms with Gasteiger partial charge in [-0.3, -0.25) is 4.79 Å². The molecule has 2 atom stereocenters. The lowest BCUT2D eigenvalue weighted by Gasteiger charge is -2.06. The van der Waals surface area contributed by atoms with Gasteiger partial charge in [0.1, 0.15) is 11.8 Å². The summed E-state index contributed by atoms with van der Waals surface area (Å²) in [5.41, 5.74) is 4.91. The van der Waals surface area contributed by atoms with Gasteiger partial charge in [0.05, 0.1) is 6.10 Å². The maximum atomic E-state index is 9.86. The molecule has 0 aliphatic rings. The Kier molecular flexibility index (Phi) is 8.63. The average molecular weight is 191 g/mol. The van der Waals surface area contributed by atoms with Gasteiger partial charge in [-0.1, -0.05) is 6.92 Å². The van der Waals surface area contributed by atoms with Gasteiger partial charge in [-0.2, -0.15) is 0 Å². The minimum Gasteiger partial charge on any atom is -0.480 e. The van der Waals surface area contributed by atoms with Crippen LogP contribution in [0.5, 0.6) is 0 Å². The number of aliphatic hydroxyl groups excluding tert-OH is 1. The number of rotatable bonds is 3. The average Bonchev–Trinajstić information content (AvgIpc) is 2.03. The Hall–Kier alpha value is -0.940. The van der Waals surface area contributed by atoms with Crippen LogP contribution in [0.15, 0.2) is 0 Å². The fourth-order valence-corrected chi connectivity index (χ4v) is 0.206. The number of hydrogen-bond donors (Lipinski definition) is 3. The molecular formula is C8H17NO4. The summed E-state index contributed by atoms with van der Waals surface area (Å²) in [5.74, 6) is -0.926. The number of carboxylic acid groups (broad SMARTS) is 1. The van der Waals surface area contributed by atoms with Crippen LogP contribution in [0, 0.1) is 0 Å². The highest BCUT2D eigenvalue weighted by molar-refractivity contribution is 5.75. The lowest BCUT2D eigenvalue weighted by Crippen LogP contribution is -2.39. The van der Waals surface area contributed by atoms with Crippen molar-refractivity contribution < 1.29 is 19.8 Å². The van der Waals surface area contributed by atoms with Crippen molar-refractivity contribution in [3.05, 3.63) is 0 Å². The Morgan fingerprint density at radius 3 is 1.77 bits per heavy atom. The minimum absolute atomic E-state index is 0.255. The Labute approximate surface area is 77.6 Å².